The van der Waals surface area contributed by atoms with Crippen molar-refractivity contribution in [2.75, 3.05) is 38.9 Å². The smallest absolute Gasteiger partial charge is 0.225 e. The maximum absolute atomic E-state index is 13.3. The van der Waals surface area contributed by atoms with Crippen LogP contribution in [0.1, 0.15) is 65.7 Å². The van der Waals surface area contributed by atoms with Crippen LogP contribution in [-0.2, 0) is 24.0 Å². The molecule has 0 aromatic rings. The van der Waals surface area contributed by atoms with Crippen molar-refractivity contribution in [3.05, 3.63) is 0 Å². The Morgan fingerprint density at radius 3 is 2.62 bits per heavy atom. The Morgan fingerprint density at radius 2 is 1.87 bits per heavy atom. The van der Waals surface area contributed by atoms with E-state index >= 15 is 0 Å². The Labute approximate surface area is 234 Å². The fraction of sp³-hybridized carbons (Fsp3) is 0.964. The first kappa shape index (κ1) is 28.3. The molecule has 0 radical (unpaired) electrons. The SMILES string of the molecule is CC1(C)C[C@H]2N(C3CCCC(N=S(C)(C)=O)N3)C3NC(NC(=O)[C@@H]4C[C@H]4C4CCOCC4)NCC3[C@@]2(C)CO1. The van der Waals surface area contributed by atoms with Gasteiger partial charge in [0.05, 0.1) is 24.5 Å². The van der Waals surface area contributed by atoms with Crippen molar-refractivity contribution >= 4 is 15.6 Å². The number of carbonyl (C=O) groups is 1. The van der Waals surface area contributed by atoms with E-state index in [0.29, 0.717) is 23.8 Å². The van der Waals surface area contributed by atoms with Gasteiger partial charge in [-0.2, -0.15) is 0 Å². The van der Waals surface area contributed by atoms with E-state index in [9.17, 15) is 9.00 Å². The minimum absolute atomic E-state index is 0.0192. The topological polar surface area (TPSA) is 116 Å². The van der Waals surface area contributed by atoms with Gasteiger partial charge in [0.15, 0.2) is 0 Å². The zero-order chi connectivity index (χ0) is 27.6. The molecule has 0 aromatic heterocycles. The van der Waals surface area contributed by atoms with Gasteiger partial charge in [-0.15, -0.1) is 0 Å². The Hall–Kier alpha value is -0.820. The van der Waals surface area contributed by atoms with Crippen molar-refractivity contribution in [3.8, 4) is 0 Å². The van der Waals surface area contributed by atoms with Crippen LogP contribution in [0.15, 0.2) is 4.36 Å². The summed E-state index contributed by atoms with van der Waals surface area (Å²) in [5.41, 5.74) is -0.212. The van der Waals surface area contributed by atoms with Gasteiger partial charge in [0.1, 0.15) is 12.5 Å². The average Bonchev–Trinajstić information content (AvgIpc) is 3.64. The zero-order valence-corrected chi connectivity index (χ0v) is 25.2. The van der Waals surface area contributed by atoms with Crippen molar-refractivity contribution in [3.63, 3.8) is 0 Å². The summed E-state index contributed by atoms with van der Waals surface area (Å²) in [5.74, 6) is 1.77. The molecular weight excluding hydrogens is 516 g/mol. The summed E-state index contributed by atoms with van der Waals surface area (Å²) in [5, 5.41) is 14.5. The van der Waals surface area contributed by atoms with Gasteiger partial charge in [0.2, 0.25) is 5.91 Å². The Bertz CT molecular complexity index is 1050. The fourth-order valence-corrected chi connectivity index (χ4v) is 9.02. The summed E-state index contributed by atoms with van der Waals surface area (Å²) in [4.78, 5) is 15.9. The molecule has 222 valence electrons. The number of fused-ring (bicyclic) bond motifs is 3. The lowest BCUT2D eigenvalue weighted by Crippen LogP contribution is -2.69. The molecule has 5 aliphatic heterocycles. The summed E-state index contributed by atoms with van der Waals surface area (Å²) in [6.07, 6.45) is 10.4. The van der Waals surface area contributed by atoms with Crippen molar-refractivity contribution in [1.82, 2.24) is 26.2 Å². The highest BCUT2D eigenvalue weighted by Gasteiger charge is 2.63. The number of rotatable bonds is 5. The lowest BCUT2D eigenvalue weighted by molar-refractivity contribution is -0.141. The Kier molecular flexibility index (Phi) is 7.60. The van der Waals surface area contributed by atoms with Gasteiger partial charge in [0.25, 0.3) is 0 Å². The number of piperidine rings is 1. The summed E-state index contributed by atoms with van der Waals surface area (Å²) in [7, 11) is -2.19. The highest BCUT2D eigenvalue weighted by atomic mass is 32.2. The number of ether oxygens (including phenoxy) is 2. The van der Waals surface area contributed by atoms with Gasteiger partial charge < -0.3 is 14.8 Å². The number of nitrogens with zero attached hydrogens (tertiary/aromatic N) is 2. The quantitative estimate of drug-likeness (QED) is 0.397. The van der Waals surface area contributed by atoms with E-state index in [4.69, 9.17) is 9.47 Å². The molecule has 1 saturated carbocycles. The maximum Gasteiger partial charge on any atom is 0.225 e. The molecule has 4 N–H and O–H groups in total. The summed E-state index contributed by atoms with van der Waals surface area (Å²) in [6.45, 7) is 9.97. The predicted molar refractivity (Wildman–Crippen MR) is 151 cm³/mol. The standard InChI is InChI=1S/C28H50N6O4S/c1-27(2)14-21-28(3,16-38-27)20-15-29-26(32-25(35)19-13-18(19)17-9-11-37-12-10-17)31-24(20)34(21)23-8-6-7-22(30-23)33-39(4,5)36/h17-24,26,29-31H,6-16H2,1-5H3,(H,32,35)/t18-,19+,20?,21+,22?,23?,24?,26?,28+/m0/s1. The predicted octanol–water partition coefficient (Wildman–Crippen LogP) is 1.63. The first-order chi connectivity index (χ1) is 18.4. The van der Waals surface area contributed by atoms with Crippen LogP contribution in [0.3, 0.4) is 0 Å². The second-order valence-electron chi connectivity index (χ2n) is 14.2. The second-order valence-corrected chi connectivity index (χ2v) is 16.7. The first-order valence-electron chi connectivity index (χ1n) is 15.1. The third kappa shape index (κ3) is 5.79. The molecule has 39 heavy (non-hydrogen) atoms. The normalized spacial score (nSPS) is 44.7. The van der Waals surface area contributed by atoms with Crippen LogP contribution in [0.4, 0.5) is 0 Å². The van der Waals surface area contributed by atoms with Gasteiger partial charge >= 0.3 is 0 Å². The number of hydrogen-bond acceptors (Lipinski definition) is 9. The van der Waals surface area contributed by atoms with Gasteiger partial charge in [0, 0.05) is 65.3 Å². The molecule has 1 aliphatic carbocycles. The average molecular weight is 567 g/mol. The highest BCUT2D eigenvalue weighted by Crippen LogP contribution is 2.53. The molecule has 0 aromatic carbocycles. The molecular formula is C28H50N6O4S. The lowest BCUT2D eigenvalue weighted by Gasteiger charge is -2.49. The molecule has 6 aliphatic rings. The number of hydrogen-bond donors (Lipinski definition) is 4. The van der Waals surface area contributed by atoms with Crippen LogP contribution in [0, 0.1) is 29.1 Å². The summed E-state index contributed by atoms with van der Waals surface area (Å²) < 4.78 is 29.1. The maximum atomic E-state index is 13.3. The molecule has 10 nitrogen and oxygen atoms in total. The van der Waals surface area contributed by atoms with Crippen molar-refractivity contribution < 1.29 is 18.5 Å². The van der Waals surface area contributed by atoms with Gasteiger partial charge in [-0.1, -0.05) is 6.92 Å². The number of nitrogens with one attached hydrogen (secondary N) is 4. The molecule has 5 unspecified atom stereocenters. The lowest BCUT2D eigenvalue weighted by atomic mass is 9.69. The van der Waals surface area contributed by atoms with Gasteiger partial charge in [-0.25, -0.2) is 4.36 Å². The van der Waals surface area contributed by atoms with Gasteiger partial charge in [-0.3, -0.25) is 29.9 Å². The number of likely N-dealkylation sites (tertiary alicyclic amines) is 1. The van der Waals surface area contributed by atoms with Crippen molar-refractivity contribution in [1.29, 1.82) is 0 Å². The van der Waals surface area contributed by atoms with E-state index in [-0.39, 0.29) is 47.6 Å². The molecule has 6 rings (SSSR count). The molecule has 9 atom stereocenters. The first-order valence-corrected chi connectivity index (χ1v) is 17.5. The van der Waals surface area contributed by atoms with E-state index in [2.05, 4.69) is 51.3 Å². The highest BCUT2D eigenvalue weighted by molar-refractivity contribution is 7.92. The molecule has 0 bridgehead atoms. The van der Waals surface area contributed by atoms with Crippen LogP contribution in [0.5, 0.6) is 0 Å². The fourth-order valence-electron chi connectivity index (χ4n) is 8.24. The Balaban J connectivity index is 1.19. The second kappa shape index (κ2) is 10.5. The van der Waals surface area contributed by atoms with Crippen molar-refractivity contribution in [2.45, 2.75) is 102 Å². The van der Waals surface area contributed by atoms with Gasteiger partial charge in [-0.05, 0) is 70.6 Å². The molecule has 5 heterocycles. The summed E-state index contributed by atoms with van der Waals surface area (Å²) in [6, 6.07) is 0.324. The Morgan fingerprint density at radius 1 is 1.10 bits per heavy atom. The van der Waals surface area contributed by atoms with Crippen LogP contribution >= 0.6 is 0 Å². The van der Waals surface area contributed by atoms with Crippen LogP contribution in [0.25, 0.3) is 0 Å². The van der Waals surface area contributed by atoms with Crippen LogP contribution in [-0.4, -0.2) is 90.3 Å². The molecule has 11 heteroatoms. The number of carbonyl (C=O) groups excluding carboxylic acids is 1. The van der Waals surface area contributed by atoms with E-state index < -0.39 is 9.73 Å². The number of amides is 1. The van der Waals surface area contributed by atoms with E-state index in [1.807, 2.05) is 0 Å². The summed E-state index contributed by atoms with van der Waals surface area (Å²) >= 11 is 0. The molecule has 5 saturated heterocycles. The van der Waals surface area contributed by atoms with E-state index in [1.54, 1.807) is 12.5 Å². The largest absolute Gasteiger partial charge is 0.381 e. The monoisotopic (exact) mass is 566 g/mol. The van der Waals surface area contributed by atoms with Crippen LogP contribution in [0.2, 0.25) is 0 Å². The molecule has 0 spiro atoms. The molecule has 1 amide bonds. The zero-order valence-electron chi connectivity index (χ0n) is 24.4. The van der Waals surface area contributed by atoms with E-state index in [1.165, 1.54) is 0 Å². The third-order valence-corrected chi connectivity index (χ3v) is 11.2. The third-order valence-electron chi connectivity index (χ3n) is 10.4. The minimum Gasteiger partial charge on any atom is -0.381 e. The van der Waals surface area contributed by atoms with E-state index in [0.717, 1.165) is 71.3 Å². The van der Waals surface area contributed by atoms with Crippen LogP contribution < -0.4 is 21.3 Å². The molecule has 6 fully saturated rings. The minimum atomic E-state index is -2.19. The van der Waals surface area contributed by atoms with Crippen molar-refractivity contribution in [2.24, 2.45) is 33.4 Å².